The summed E-state index contributed by atoms with van der Waals surface area (Å²) in [4.78, 5) is 24.1. The number of hydrogen-bond acceptors (Lipinski definition) is 5. The fourth-order valence-corrected chi connectivity index (χ4v) is 3.30. The highest BCUT2D eigenvalue weighted by molar-refractivity contribution is 7.21. The number of fused-ring (bicyclic) bond motifs is 3. The van der Waals surface area contributed by atoms with Gasteiger partial charge in [-0.05, 0) is 26.8 Å². The Labute approximate surface area is 117 Å². The zero-order valence-corrected chi connectivity index (χ0v) is 12.4. The van der Waals surface area contributed by atoms with Gasteiger partial charge in [-0.3, -0.25) is 14.0 Å². The quantitative estimate of drug-likeness (QED) is 0.739. The second-order valence-corrected chi connectivity index (χ2v) is 7.02. The molecule has 0 saturated heterocycles. The summed E-state index contributed by atoms with van der Waals surface area (Å²) < 4.78 is 1.98. The van der Waals surface area contributed by atoms with Gasteiger partial charge in [0, 0.05) is 11.6 Å². The average Bonchev–Trinajstić information content (AvgIpc) is 2.94. The molecule has 0 fully saturated rings. The third-order valence-electron chi connectivity index (χ3n) is 2.41. The number of carbonyl (C=O) groups is 1. The lowest BCUT2D eigenvalue weighted by Gasteiger charge is -2.18. The zero-order chi connectivity index (χ0) is 13.6. The van der Waals surface area contributed by atoms with Crippen molar-refractivity contribution in [2.24, 2.45) is 0 Å². The molecule has 0 aliphatic heterocycles. The summed E-state index contributed by atoms with van der Waals surface area (Å²) in [7, 11) is 0. The lowest BCUT2D eigenvalue weighted by molar-refractivity contribution is -0.0588. The highest BCUT2D eigenvalue weighted by atomic mass is 32.1. The van der Waals surface area contributed by atoms with Crippen molar-refractivity contribution in [2.75, 3.05) is 0 Å². The number of amides is 1. The van der Waals surface area contributed by atoms with E-state index in [1.165, 1.54) is 11.3 Å². The number of rotatable bonds is 2. The highest BCUT2D eigenvalue weighted by Crippen LogP contribution is 2.28. The fourth-order valence-electron chi connectivity index (χ4n) is 1.61. The van der Waals surface area contributed by atoms with Gasteiger partial charge in [-0.1, -0.05) is 0 Å². The van der Waals surface area contributed by atoms with Crippen LogP contribution in [0.4, 0.5) is 0 Å². The van der Waals surface area contributed by atoms with Crippen LogP contribution in [0.3, 0.4) is 0 Å². The maximum Gasteiger partial charge on any atom is 0.285 e. The fraction of sp³-hybridized carbons (Fsp3) is 0.333. The van der Waals surface area contributed by atoms with Crippen LogP contribution in [0.25, 0.3) is 15.3 Å². The van der Waals surface area contributed by atoms with Crippen LogP contribution in [-0.4, -0.2) is 20.9 Å². The van der Waals surface area contributed by atoms with Crippen molar-refractivity contribution in [3.63, 3.8) is 0 Å². The molecule has 0 radical (unpaired) electrons. The molecule has 0 aliphatic carbocycles. The summed E-state index contributed by atoms with van der Waals surface area (Å²) in [6.07, 6.45) is 1.95. The Kier molecular flexibility index (Phi) is 2.84. The predicted molar refractivity (Wildman–Crippen MR) is 76.8 cm³/mol. The Morgan fingerprint density at radius 1 is 1.47 bits per heavy atom. The maximum atomic E-state index is 12.0. The zero-order valence-electron chi connectivity index (χ0n) is 10.8. The van der Waals surface area contributed by atoms with Crippen molar-refractivity contribution in [1.29, 1.82) is 0 Å². The molecule has 0 aromatic carbocycles. The molecule has 0 aliphatic rings. The van der Waals surface area contributed by atoms with Gasteiger partial charge >= 0.3 is 0 Å². The number of hydroxylamine groups is 1. The smallest absolute Gasteiger partial charge is 0.285 e. The van der Waals surface area contributed by atoms with Crippen molar-refractivity contribution >= 4 is 43.9 Å². The Hall–Kier alpha value is -1.44. The van der Waals surface area contributed by atoms with E-state index in [0.29, 0.717) is 4.88 Å². The first-order valence-electron chi connectivity index (χ1n) is 5.77. The highest BCUT2D eigenvalue weighted by Gasteiger charge is 2.17. The Morgan fingerprint density at radius 2 is 2.26 bits per heavy atom. The molecule has 0 saturated carbocycles. The molecule has 19 heavy (non-hydrogen) atoms. The first-order valence-corrected chi connectivity index (χ1v) is 7.47. The predicted octanol–water partition coefficient (Wildman–Crippen LogP) is 3.07. The van der Waals surface area contributed by atoms with E-state index < -0.39 is 5.60 Å². The minimum absolute atomic E-state index is 0.234. The van der Waals surface area contributed by atoms with E-state index in [1.54, 1.807) is 11.3 Å². The average molecular weight is 295 g/mol. The number of imidazole rings is 1. The van der Waals surface area contributed by atoms with Crippen molar-refractivity contribution in [2.45, 2.75) is 26.4 Å². The molecular weight excluding hydrogens is 282 g/mol. The van der Waals surface area contributed by atoms with Gasteiger partial charge in [-0.25, -0.2) is 10.5 Å². The van der Waals surface area contributed by atoms with E-state index in [9.17, 15) is 4.79 Å². The minimum atomic E-state index is -0.407. The molecule has 0 atom stereocenters. The number of nitrogens with one attached hydrogen (secondary N) is 1. The number of thiophene rings is 1. The molecule has 7 heteroatoms. The number of hydrogen-bond donors (Lipinski definition) is 1. The van der Waals surface area contributed by atoms with Gasteiger partial charge in [-0.15, -0.1) is 22.7 Å². The summed E-state index contributed by atoms with van der Waals surface area (Å²) in [5.41, 5.74) is 3.02. The van der Waals surface area contributed by atoms with Gasteiger partial charge < -0.3 is 0 Å². The molecule has 0 spiro atoms. The van der Waals surface area contributed by atoms with Crippen LogP contribution in [0.15, 0.2) is 17.6 Å². The third-order valence-corrected chi connectivity index (χ3v) is 4.19. The topological polar surface area (TPSA) is 55.6 Å². The van der Waals surface area contributed by atoms with Gasteiger partial charge in [0.2, 0.25) is 0 Å². The van der Waals surface area contributed by atoms with E-state index in [4.69, 9.17) is 4.84 Å². The van der Waals surface area contributed by atoms with E-state index in [1.807, 2.05) is 42.8 Å². The van der Waals surface area contributed by atoms with E-state index in [-0.39, 0.29) is 5.91 Å². The third kappa shape index (κ3) is 2.36. The van der Waals surface area contributed by atoms with Crippen molar-refractivity contribution in [3.8, 4) is 0 Å². The molecule has 5 nitrogen and oxygen atoms in total. The van der Waals surface area contributed by atoms with Crippen LogP contribution < -0.4 is 5.48 Å². The Morgan fingerprint density at radius 3 is 3.00 bits per heavy atom. The molecule has 3 rings (SSSR count). The van der Waals surface area contributed by atoms with Crippen LogP contribution in [0, 0.1) is 0 Å². The standard InChI is InChI=1S/C12H13N3O2S2/c1-12(2,3)17-14-9(16)8-6-7-10(19-8)13-11-15(7)4-5-18-11/h4-6H,1-3H3,(H,14,16). The summed E-state index contributed by atoms with van der Waals surface area (Å²) >= 11 is 2.95. The van der Waals surface area contributed by atoms with Gasteiger partial charge in [0.25, 0.3) is 5.91 Å². The van der Waals surface area contributed by atoms with Crippen LogP contribution in [0.1, 0.15) is 30.4 Å². The van der Waals surface area contributed by atoms with E-state index in [0.717, 1.165) is 15.3 Å². The summed E-state index contributed by atoms with van der Waals surface area (Å²) in [6, 6.07) is 1.84. The molecule has 0 bridgehead atoms. The molecule has 1 amide bonds. The Balaban J connectivity index is 1.88. The van der Waals surface area contributed by atoms with E-state index in [2.05, 4.69) is 10.5 Å². The number of carbonyl (C=O) groups excluding carboxylic acids is 1. The number of aromatic nitrogens is 2. The second-order valence-electron chi connectivity index (χ2n) is 5.11. The summed E-state index contributed by atoms with van der Waals surface area (Å²) in [5.74, 6) is -0.234. The van der Waals surface area contributed by atoms with E-state index >= 15 is 0 Å². The van der Waals surface area contributed by atoms with Crippen molar-refractivity contribution in [3.05, 3.63) is 22.5 Å². The van der Waals surface area contributed by atoms with Crippen LogP contribution in [0.5, 0.6) is 0 Å². The van der Waals surface area contributed by atoms with Gasteiger partial charge in [0.1, 0.15) is 4.83 Å². The van der Waals surface area contributed by atoms with Gasteiger partial charge in [-0.2, -0.15) is 0 Å². The lowest BCUT2D eigenvalue weighted by atomic mass is 10.2. The Bertz CT molecular complexity index is 748. The number of thiazole rings is 1. The van der Waals surface area contributed by atoms with Gasteiger partial charge in [0.15, 0.2) is 4.96 Å². The van der Waals surface area contributed by atoms with Crippen molar-refractivity contribution in [1.82, 2.24) is 14.9 Å². The monoisotopic (exact) mass is 295 g/mol. The molecule has 3 aromatic heterocycles. The first kappa shape index (κ1) is 12.6. The molecule has 3 aromatic rings. The largest absolute Gasteiger partial charge is 0.289 e. The molecule has 0 unspecified atom stereocenters. The van der Waals surface area contributed by atoms with Crippen LogP contribution in [-0.2, 0) is 4.84 Å². The summed E-state index contributed by atoms with van der Waals surface area (Å²) in [6.45, 7) is 5.64. The van der Waals surface area contributed by atoms with Crippen LogP contribution >= 0.6 is 22.7 Å². The SMILES string of the molecule is CC(C)(C)ONC(=O)c1cc2c(nc3sccn32)s1. The normalized spacial score (nSPS) is 12.4. The molecule has 100 valence electrons. The summed E-state index contributed by atoms with van der Waals surface area (Å²) in [5, 5.41) is 1.97. The number of nitrogens with zero attached hydrogens (tertiary/aromatic N) is 2. The van der Waals surface area contributed by atoms with Crippen molar-refractivity contribution < 1.29 is 9.63 Å². The molecular formula is C12H13N3O2S2. The maximum absolute atomic E-state index is 12.0. The lowest BCUT2D eigenvalue weighted by Crippen LogP contribution is -2.33. The second kappa shape index (κ2) is 4.29. The minimum Gasteiger partial charge on any atom is -0.289 e. The molecule has 1 N–H and O–H groups in total. The first-order chi connectivity index (χ1) is 8.94. The molecule has 3 heterocycles. The van der Waals surface area contributed by atoms with Gasteiger partial charge in [0.05, 0.1) is 16.0 Å². The van der Waals surface area contributed by atoms with Crippen LogP contribution in [0.2, 0.25) is 0 Å².